The summed E-state index contributed by atoms with van der Waals surface area (Å²) in [5.74, 6) is 0. The van der Waals surface area contributed by atoms with Crippen LogP contribution in [-0.2, 0) is 6.42 Å². The molecule has 2 aromatic carbocycles. The highest BCUT2D eigenvalue weighted by Gasteiger charge is 2.34. The summed E-state index contributed by atoms with van der Waals surface area (Å²) < 4.78 is 0. The van der Waals surface area contributed by atoms with E-state index in [1.807, 2.05) is 30.3 Å². The zero-order valence-electron chi connectivity index (χ0n) is 14.1. The van der Waals surface area contributed by atoms with Gasteiger partial charge in [0.2, 0.25) is 0 Å². The minimum absolute atomic E-state index is 0.256. The average molecular weight is 360 g/mol. The number of non-ortho nitro benzene ring substituents is 1. The molecule has 2 aromatic rings. The van der Waals surface area contributed by atoms with Crippen LogP contribution < -0.4 is 4.90 Å². The molecule has 0 radical (unpaired) electrons. The lowest BCUT2D eigenvalue weighted by Gasteiger charge is -2.26. The predicted molar refractivity (Wildman–Crippen MR) is 94.4 cm³/mol. The van der Waals surface area contributed by atoms with E-state index in [1.165, 1.54) is 11.9 Å². The molecule has 0 saturated carbocycles. The Labute approximate surface area is 148 Å². The third-order valence-electron chi connectivity index (χ3n) is 4.05. The molecule has 0 N–H and O–H groups in total. The maximum atomic E-state index is 11.4. The van der Waals surface area contributed by atoms with Crippen molar-refractivity contribution in [3.05, 3.63) is 78.4 Å². The van der Waals surface area contributed by atoms with Crippen LogP contribution in [0.3, 0.4) is 0 Å². The standard InChI is InChI=1S/C16H16N4O6/c1-11(8-12-6-4-3-5-7-12)17(2)16-14(19(23)24)9-13(18(21)22)10-15(16)20(25)26/h3-7,9-11H,8H2,1-2H3. The number of nitro groups is 3. The lowest BCUT2D eigenvalue weighted by atomic mass is 10.0. The van der Waals surface area contributed by atoms with E-state index < -0.39 is 31.8 Å². The summed E-state index contributed by atoms with van der Waals surface area (Å²) in [5, 5.41) is 33.7. The number of rotatable bonds is 7. The van der Waals surface area contributed by atoms with Crippen molar-refractivity contribution in [2.75, 3.05) is 11.9 Å². The number of likely N-dealkylation sites (N-methyl/N-ethyl adjacent to an activating group) is 1. The highest BCUT2D eigenvalue weighted by atomic mass is 16.6. The van der Waals surface area contributed by atoms with Gasteiger partial charge >= 0.3 is 11.4 Å². The molecule has 0 aliphatic carbocycles. The number of hydrogen-bond donors (Lipinski definition) is 0. The maximum Gasteiger partial charge on any atom is 0.306 e. The summed E-state index contributed by atoms with van der Waals surface area (Å²) in [6.45, 7) is 1.77. The van der Waals surface area contributed by atoms with E-state index in [-0.39, 0.29) is 11.7 Å². The largest absolute Gasteiger partial charge is 0.360 e. The molecule has 0 saturated heterocycles. The van der Waals surface area contributed by atoms with Crippen LogP contribution in [0.15, 0.2) is 42.5 Å². The molecule has 0 heterocycles. The summed E-state index contributed by atoms with van der Waals surface area (Å²) in [4.78, 5) is 32.6. The Balaban J connectivity index is 2.53. The van der Waals surface area contributed by atoms with Crippen LogP contribution >= 0.6 is 0 Å². The Kier molecular flexibility index (Phi) is 5.45. The summed E-state index contributed by atoms with van der Waals surface area (Å²) in [6, 6.07) is 10.5. The maximum absolute atomic E-state index is 11.4. The van der Waals surface area contributed by atoms with Crippen LogP contribution in [0.5, 0.6) is 0 Å². The molecule has 0 spiro atoms. The fourth-order valence-electron chi connectivity index (χ4n) is 2.65. The van der Waals surface area contributed by atoms with Crippen molar-refractivity contribution < 1.29 is 14.8 Å². The number of hydrogen-bond acceptors (Lipinski definition) is 7. The first-order valence-electron chi connectivity index (χ1n) is 7.60. The van der Waals surface area contributed by atoms with Crippen molar-refractivity contribution in [2.45, 2.75) is 19.4 Å². The van der Waals surface area contributed by atoms with Gasteiger partial charge in [-0.3, -0.25) is 30.3 Å². The van der Waals surface area contributed by atoms with E-state index in [2.05, 4.69) is 0 Å². The third kappa shape index (κ3) is 3.91. The number of anilines is 1. The fraction of sp³-hybridized carbons (Fsp3) is 0.250. The Morgan fingerprint density at radius 2 is 1.42 bits per heavy atom. The summed E-state index contributed by atoms with van der Waals surface area (Å²) in [5.41, 5.74) is -1.34. The number of nitrogens with zero attached hydrogens (tertiary/aromatic N) is 4. The highest BCUT2D eigenvalue weighted by Crippen LogP contribution is 2.41. The molecule has 0 bridgehead atoms. The van der Waals surface area contributed by atoms with Gasteiger partial charge in [-0.15, -0.1) is 0 Å². The van der Waals surface area contributed by atoms with E-state index in [4.69, 9.17) is 0 Å². The molecule has 136 valence electrons. The van der Waals surface area contributed by atoms with Crippen LogP contribution in [0.25, 0.3) is 0 Å². The lowest BCUT2D eigenvalue weighted by molar-refractivity contribution is -0.402. The first kappa shape index (κ1) is 18.8. The summed E-state index contributed by atoms with van der Waals surface area (Å²) in [6.07, 6.45) is 0.489. The molecule has 26 heavy (non-hydrogen) atoms. The van der Waals surface area contributed by atoms with Crippen molar-refractivity contribution in [3.63, 3.8) is 0 Å². The van der Waals surface area contributed by atoms with Gasteiger partial charge in [0, 0.05) is 13.1 Å². The molecule has 0 aliphatic heterocycles. The van der Waals surface area contributed by atoms with Crippen LogP contribution in [0.4, 0.5) is 22.7 Å². The predicted octanol–water partition coefficient (Wildman–Crippen LogP) is 3.48. The van der Waals surface area contributed by atoms with Crippen molar-refractivity contribution >= 4 is 22.7 Å². The second kappa shape index (κ2) is 7.55. The smallest absolute Gasteiger partial charge is 0.306 e. The zero-order chi connectivity index (χ0) is 19.4. The first-order valence-corrected chi connectivity index (χ1v) is 7.60. The van der Waals surface area contributed by atoms with Crippen LogP contribution in [-0.4, -0.2) is 27.9 Å². The molecule has 1 unspecified atom stereocenters. The normalized spacial score (nSPS) is 11.6. The second-order valence-corrected chi connectivity index (χ2v) is 5.75. The SMILES string of the molecule is CC(Cc1ccccc1)N(C)c1c([N+](=O)[O-])cc([N+](=O)[O-])cc1[N+](=O)[O-]. The van der Waals surface area contributed by atoms with Crippen LogP contribution in [0, 0.1) is 30.3 Å². The van der Waals surface area contributed by atoms with Gasteiger partial charge in [0.25, 0.3) is 5.69 Å². The third-order valence-corrected chi connectivity index (χ3v) is 4.05. The topological polar surface area (TPSA) is 133 Å². The quantitative estimate of drug-likeness (QED) is 0.545. The van der Waals surface area contributed by atoms with Gasteiger partial charge in [-0.25, -0.2) is 0 Å². The van der Waals surface area contributed by atoms with E-state index in [1.54, 1.807) is 6.92 Å². The fourth-order valence-corrected chi connectivity index (χ4v) is 2.65. The van der Waals surface area contributed by atoms with Crippen molar-refractivity contribution in [1.29, 1.82) is 0 Å². The highest BCUT2D eigenvalue weighted by molar-refractivity contribution is 5.78. The van der Waals surface area contributed by atoms with Crippen molar-refractivity contribution in [2.24, 2.45) is 0 Å². The van der Waals surface area contributed by atoms with Crippen molar-refractivity contribution in [1.82, 2.24) is 0 Å². The minimum Gasteiger partial charge on any atom is -0.360 e. The first-order chi connectivity index (χ1) is 12.2. The average Bonchev–Trinajstić information content (AvgIpc) is 2.60. The molecule has 0 fully saturated rings. The second-order valence-electron chi connectivity index (χ2n) is 5.75. The van der Waals surface area contributed by atoms with E-state index in [0.29, 0.717) is 6.42 Å². The van der Waals surface area contributed by atoms with Gasteiger partial charge in [-0.05, 0) is 18.9 Å². The van der Waals surface area contributed by atoms with E-state index in [9.17, 15) is 30.3 Å². The summed E-state index contributed by atoms with van der Waals surface area (Å²) >= 11 is 0. The van der Waals surface area contributed by atoms with Crippen LogP contribution in [0.1, 0.15) is 12.5 Å². The summed E-state index contributed by atoms with van der Waals surface area (Å²) in [7, 11) is 1.49. The Hall–Kier alpha value is -3.56. The van der Waals surface area contributed by atoms with Gasteiger partial charge < -0.3 is 4.90 Å². The Morgan fingerprint density at radius 1 is 0.923 bits per heavy atom. The molecule has 1 atom stereocenters. The molecule has 10 nitrogen and oxygen atoms in total. The van der Waals surface area contributed by atoms with Gasteiger partial charge in [-0.1, -0.05) is 30.3 Å². The van der Waals surface area contributed by atoms with Gasteiger partial charge in [0.05, 0.1) is 26.9 Å². The Morgan fingerprint density at radius 3 is 1.85 bits per heavy atom. The van der Waals surface area contributed by atoms with Gasteiger partial charge in [-0.2, -0.15) is 0 Å². The van der Waals surface area contributed by atoms with E-state index >= 15 is 0 Å². The Bertz CT molecular complexity index is 820. The lowest BCUT2D eigenvalue weighted by Crippen LogP contribution is -2.31. The van der Waals surface area contributed by atoms with Gasteiger partial charge in [0.15, 0.2) is 5.69 Å². The molecule has 0 aliphatic rings. The molecule has 10 heteroatoms. The van der Waals surface area contributed by atoms with E-state index in [0.717, 1.165) is 17.7 Å². The number of nitro benzene ring substituents is 3. The molecule has 2 rings (SSSR count). The molecular formula is C16H16N4O6. The van der Waals surface area contributed by atoms with Crippen LogP contribution in [0.2, 0.25) is 0 Å². The van der Waals surface area contributed by atoms with Crippen molar-refractivity contribution in [3.8, 4) is 0 Å². The van der Waals surface area contributed by atoms with Gasteiger partial charge in [0.1, 0.15) is 0 Å². The molecular weight excluding hydrogens is 344 g/mol. The monoisotopic (exact) mass is 360 g/mol. The molecule has 0 amide bonds. The number of benzene rings is 2. The minimum atomic E-state index is -0.892. The molecule has 0 aromatic heterocycles. The zero-order valence-corrected chi connectivity index (χ0v) is 14.1.